The molecule has 3 aromatic rings. The van der Waals surface area contributed by atoms with Crippen LogP contribution >= 0.6 is 17.0 Å². The quantitative estimate of drug-likeness (QED) is 0.323. The third-order valence-electron chi connectivity index (χ3n) is 5.94. The van der Waals surface area contributed by atoms with Crippen molar-refractivity contribution in [2.75, 3.05) is 26.7 Å². The highest BCUT2D eigenvalue weighted by Gasteiger charge is 2.27. The number of imidazole rings is 1. The van der Waals surface area contributed by atoms with Crippen LogP contribution in [0.25, 0.3) is 11.0 Å². The fourth-order valence-electron chi connectivity index (χ4n) is 4.39. The number of para-hydroxylation sites is 2. The SMILES string of the molecule is Br.COC(=O)CNCCCCN(Cc1nc2ccccc2[nH]1)C1CCCc2cccnc21. The van der Waals surface area contributed by atoms with Crippen LogP contribution in [-0.4, -0.2) is 52.6 Å². The van der Waals surface area contributed by atoms with Gasteiger partial charge >= 0.3 is 5.97 Å². The summed E-state index contributed by atoms with van der Waals surface area (Å²) in [4.78, 5) is 26.8. The Labute approximate surface area is 199 Å². The van der Waals surface area contributed by atoms with E-state index in [4.69, 9.17) is 9.97 Å². The summed E-state index contributed by atoms with van der Waals surface area (Å²) in [5.41, 5.74) is 4.67. The number of ether oxygens (including phenoxy) is 1. The summed E-state index contributed by atoms with van der Waals surface area (Å²) in [6, 6.07) is 12.7. The van der Waals surface area contributed by atoms with Crippen LogP contribution in [0.1, 0.15) is 48.8 Å². The van der Waals surface area contributed by atoms with Gasteiger partial charge in [0.15, 0.2) is 0 Å². The molecular formula is C24H32BrN5O2. The van der Waals surface area contributed by atoms with Crippen LogP contribution in [-0.2, 0) is 22.5 Å². The predicted molar refractivity (Wildman–Crippen MR) is 131 cm³/mol. The van der Waals surface area contributed by atoms with E-state index >= 15 is 0 Å². The van der Waals surface area contributed by atoms with E-state index in [1.165, 1.54) is 24.8 Å². The van der Waals surface area contributed by atoms with Crippen LogP contribution in [0.3, 0.4) is 0 Å². The normalized spacial score (nSPS) is 15.4. The molecule has 0 radical (unpaired) electrons. The van der Waals surface area contributed by atoms with Crippen molar-refractivity contribution in [3.63, 3.8) is 0 Å². The lowest BCUT2D eigenvalue weighted by Crippen LogP contribution is -2.33. The number of aromatic nitrogens is 3. The van der Waals surface area contributed by atoms with Gasteiger partial charge in [-0.1, -0.05) is 18.2 Å². The van der Waals surface area contributed by atoms with E-state index in [9.17, 15) is 4.79 Å². The van der Waals surface area contributed by atoms with Crippen molar-refractivity contribution in [3.8, 4) is 0 Å². The van der Waals surface area contributed by atoms with Gasteiger partial charge in [0, 0.05) is 6.20 Å². The molecule has 0 aliphatic heterocycles. The Kier molecular flexibility index (Phi) is 9.20. The number of esters is 1. The molecule has 0 amide bonds. The molecular weight excluding hydrogens is 470 g/mol. The molecule has 1 unspecified atom stereocenters. The van der Waals surface area contributed by atoms with E-state index in [0.29, 0.717) is 6.04 Å². The minimum absolute atomic E-state index is 0. The van der Waals surface area contributed by atoms with Gasteiger partial charge in [-0.25, -0.2) is 4.98 Å². The molecule has 0 bridgehead atoms. The van der Waals surface area contributed by atoms with Crippen molar-refractivity contribution in [3.05, 3.63) is 59.7 Å². The van der Waals surface area contributed by atoms with Gasteiger partial charge in [-0.05, 0) is 69.0 Å². The first-order chi connectivity index (χ1) is 15.2. The highest BCUT2D eigenvalue weighted by molar-refractivity contribution is 8.93. The van der Waals surface area contributed by atoms with Crippen molar-refractivity contribution in [1.29, 1.82) is 0 Å². The first kappa shape index (κ1) is 24.4. The second-order valence-electron chi connectivity index (χ2n) is 8.09. The Balaban J connectivity index is 0.00000289. The van der Waals surface area contributed by atoms with Crippen LogP contribution in [0, 0.1) is 0 Å². The van der Waals surface area contributed by atoms with E-state index in [1.807, 2.05) is 30.5 Å². The molecule has 0 fully saturated rings. The van der Waals surface area contributed by atoms with Gasteiger partial charge in [0.05, 0.1) is 43.0 Å². The zero-order valence-electron chi connectivity index (χ0n) is 18.5. The Hall–Kier alpha value is -2.29. The van der Waals surface area contributed by atoms with Crippen LogP contribution < -0.4 is 5.32 Å². The van der Waals surface area contributed by atoms with Gasteiger partial charge in [-0.3, -0.25) is 14.7 Å². The van der Waals surface area contributed by atoms with E-state index in [1.54, 1.807) is 0 Å². The molecule has 1 aliphatic rings. The first-order valence-electron chi connectivity index (χ1n) is 11.1. The van der Waals surface area contributed by atoms with Crippen LogP contribution in [0.5, 0.6) is 0 Å². The molecule has 0 saturated heterocycles. The zero-order valence-corrected chi connectivity index (χ0v) is 20.3. The van der Waals surface area contributed by atoms with Gasteiger partial charge in [-0.15, -0.1) is 17.0 Å². The second-order valence-corrected chi connectivity index (χ2v) is 8.09. The van der Waals surface area contributed by atoms with Crippen LogP contribution in [0.2, 0.25) is 0 Å². The minimum Gasteiger partial charge on any atom is -0.468 e. The van der Waals surface area contributed by atoms with E-state index in [2.05, 4.69) is 32.1 Å². The molecule has 4 rings (SSSR count). The molecule has 2 heterocycles. The molecule has 172 valence electrons. The summed E-state index contributed by atoms with van der Waals surface area (Å²) in [7, 11) is 1.41. The Bertz CT molecular complexity index is 976. The Morgan fingerprint density at radius 1 is 1.25 bits per heavy atom. The molecule has 1 aliphatic carbocycles. The molecule has 1 aromatic carbocycles. The number of unbranched alkanes of at least 4 members (excludes halogenated alkanes) is 1. The Morgan fingerprint density at radius 2 is 2.12 bits per heavy atom. The molecule has 32 heavy (non-hydrogen) atoms. The molecule has 7 nitrogen and oxygen atoms in total. The standard InChI is InChI=1S/C24H31N5O2.BrH/c1-31-23(30)16-25-13-4-5-15-29(17-22-27-19-10-2-3-11-20(19)28-22)21-12-6-8-18-9-7-14-26-24(18)21;/h2-3,7,9-11,14,21,25H,4-6,8,12-13,15-17H2,1H3,(H,27,28);1H. The number of hydrogen-bond donors (Lipinski definition) is 2. The molecule has 1 atom stereocenters. The van der Waals surface area contributed by atoms with Crippen LogP contribution in [0.4, 0.5) is 0 Å². The number of carbonyl (C=O) groups excluding carboxylic acids is 1. The van der Waals surface area contributed by atoms with Gasteiger partial charge in [0.25, 0.3) is 0 Å². The summed E-state index contributed by atoms with van der Waals surface area (Å²) in [6.45, 7) is 2.79. The molecule has 0 spiro atoms. The number of nitrogens with zero attached hydrogens (tertiary/aromatic N) is 3. The maximum atomic E-state index is 11.2. The number of nitrogens with one attached hydrogen (secondary N) is 2. The average molecular weight is 502 g/mol. The van der Waals surface area contributed by atoms with E-state index < -0.39 is 0 Å². The maximum absolute atomic E-state index is 11.2. The highest BCUT2D eigenvalue weighted by atomic mass is 79.9. The first-order valence-corrected chi connectivity index (χ1v) is 11.1. The number of halogens is 1. The number of carbonyl (C=O) groups is 1. The number of fused-ring (bicyclic) bond motifs is 2. The van der Waals surface area contributed by atoms with Crippen molar-refractivity contribution >= 4 is 34.0 Å². The maximum Gasteiger partial charge on any atom is 0.319 e. The summed E-state index contributed by atoms with van der Waals surface area (Å²) in [5, 5.41) is 3.15. The minimum atomic E-state index is -0.226. The average Bonchev–Trinajstić information content (AvgIpc) is 3.22. The fourth-order valence-corrected chi connectivity index (χ4v) is 4.39. The van der Waals surface area contributed by atoms with Gasteiger partial charge in [0.1, 0.15) is 5.82 Å². The lowest BCUT2D eigenvalue weighted by molar-refractivity contribution is -0.139. The zero-order chi connectivity index (χ0) is 21.5. The number of rotatable bonds is 10. The number of H-pyrrole nitrogens is 1. The summed E-state index contributed by atoms with van der Waals surface area (Å²) in [5.74, 6) is 0.768. The lowest BCUT2D eigenvalue weighted by atomic mass is 9.90. The smallest absolute Gasteiger partial charge is 0.319 e. The van der Waals surface area contributed by atoms with E-state index in [-0.39, 0.29) is 29.5 Å². The highest BCUT2D eigenvalue weighted by Crippen LogP contribution is 2.33. The molecule has 0 saturated carbocycles. The van der Waals surface area contributed by atoms with Gasteiger partial charge in [0.2, 0.25) is 0 Å². The third kappa shape index (κ3) is 6.15. The number of methoxy groups -OCH3 is 1. The van der Waals surface area contributed by atoms with Crippen molar-refractivity contribution in [1.82, 2.24) is 25.2 Å². The Morgan fingerprint density at radius 3 is 2.97 bits per heavy atom. The van der Waals surface area contributed by atoms with Crippen molar-refractivity contribution in [2.24, 2.45) is 0 Å². The lowest BCUT2D eigenvalue weighted by Gasteiger charge is -2.34. The molecule has 8 heteroatoms. The largest absolute Gasteiger partial charge is 0.468 e. The summed E-state index contributed by atoms with van der Waals surface area (Å²) in [6.07, 6.45) is 7.34. The van der Waals surface area contributed by atoms with Gasteiger partial charge in [-0.2, -0.15) is 0 Å². The second kappa shape index (κ2) is 12.1. The number of hydrogen-bond acceptors (Lipinski definition) is 6. The summed E-state index contributed by atoms with van der Waals surface area (Å²) < 4.78 is 4.67. The number of pyridine rings is 1. The van der Waals surface area contributed by atoms with Crippen molar-refractivity contribution < 1.29 is 9.53 Å². The van der Waals surface area contributed by atoms with Crippen LogP contribution in [0.15, 0.2) is 42.6 Å². The van der Waals surface area contributed by atoms with E-state index in [0.717, 1.165) is 62.2 Å². The number of aryl methyl sites for hydroxylation is 1. The van der Waals surface area contributed by atoms with Crippen molar-refractivity contribution in [2.45, 2.75) is 44.7 Å². The predicted octanol–water partition coefficient (Wildman–Crippen LogP) is 3.96. The number of benzene rings is 1. The monoisotopic (exact) mass is 501 g/mol. The molecule has 2 aromatic heterocycles. The topological polar surface area (TPSA) is 83.1 Å². The third-order valence-corrected chi connectivity index (χ3v) is 5.94. The number of aromatic amines is 1. The van der Waals surface area contributed by atoms with Gasteiger partial charge < -0.3 is 15.0 Å². The molecule has 2 N–H and O–H groups in total. The summed E-state index contributed by atoms with van der Waals surface area (Å²) >= 11 is 0. The fraction of sp³-hybridized carbons (Fsp3) is 0.458.